The van der Waals surface area contributed by atoms with Crippen LogP contribution in [-0.4, -0.2) is 37.6 Å². The van der Waals surface area contributed by atoms with Crippen molar-refractivity contribution in [2.24, 2.45) is 4.99 Å². The number of fused-ring (bicyclic) bond motifs is 1. The molecule has 1 aliphatic heterocycles. The second kappa shape index (κ2) is 10.5. The first kappa shape index (κ1) is 24.8. The van der Waals surface area contributed by atoms with Crippen molar-refractivity contribution in [2.45, 2.75) is 24.8 Å². The number of hydrogen-bond acceptors (Lipinski definition) is 8. The molecule has 0 amide bonds. The lowest BCUT2D eigenvalue weighted by atomic mass is 9.96. The van der Waals surface area contributed by atoms with Gasteiger partial charge in [-0.25, -0.2) is 9.79 Å². The van der Waals surface area contributed by atoms with Crippen molar-refractivity contribution in [1.82, 2.24) is 4.57 Å². The van der Waals surface area contributed by atoms with Crippen LogP contribution in [0.15, 0.2) is 68.4 Å². The zero-order valence-corrected chi connectivity index (χ0v) is 21.8. The molecule has 0 saturated carbocycles. The van der Waals surface area contributed by atoms with Crippen LogP contribution in [0.25, 0.3) is 6.08 Å². The first-order valence-electron chi connectivity index (χ1n) is 11.0. The molecule has 7 nitrogen and oxygen atoms in total. The minimum absolute atomic E-state index is 0.230. The van der Waals surface area contributed by atoms with E-state index in [-0.39, 0.29) is 12.2 Å². The van der Waals surface area contributed by atoms with Gasteiger partial charge in [-0.15, -0.1) is 11.8 Å². The van der Waals surface area contributed by atoms with E-state index in [4.69, 9.17) is 14.2 Å². The van der Waals surface area contributed by atoms with E-state index >= 15 is 0 Å². The third-order valence-electron chi connectivity index (χ3n) is 5.67. The molecule has 9 heteroatoms. The normalized spacial score (nSPS) is 15.5. The summed E-state index contributed by atoms with van der Waals surface area (Å²) < 4.78 is 18.2. The Labute approximate surface area is 211 Å². The highest BCUT2D eigenvalue weighted by atomic mass is 32.2. The van der Waals surface area contributed by atoms with E-state index < -0.39 is 12.0 Å². The molecule has 182 valence electrons. The van der Waals surface area contributed by atoms with E-state index in [0.29, 0.717) is 37.7 Å². The van der Waals surface area contributed by atoms with E-state index in [1.54, 1.807) is 62.6 Å². The van der Waals surface area contributed by atoms with Crippen molar-refractivity contribution in [2.75, 3.05) is 27.1 Å². The molecular formula is C26H26N2O5S2. The van der Waals surface area contributed by atoms with Gasteiger partial charge in [0.25, 0.3) is 5.56 Å². The van der Waals surface area contributed by atoms with Crippen molar-refractivity contribution in [1.29, 1.82) is 0 Å². The number of nitrogens with zero attached hydrogens (tertiary/aromatic N) is 2. The van der Waals surface area contributed by atoms with E-state index in [9.17, 15) is 9.59 Å². The Bertz CT molecular complexity index is 1470. The molecule has 0 bridgehead atoms. The molecular weight excluding hydrogens is 484 g/mol. The van der Waals surface area contributed by atoms with E-state index in [0.717, 1.165) is 10.5 Å². The van der Waals surface area contributed by atoms with Crippen LogP contribution >= 0.6 is 23.1 Å². The number of hydrogen-bond donors (Lipinski definition) is 0. The van der Waals surface area contributed by atoms with Crippen molar-refractivity contribution >= 4 is 35.1 Å². The number of allylic oxidation sites excluding steroid dienone is 1. The number of aromatic nitrogens is 1. The van der Waals surface area contributed by atoms with Gasteiger partial charge in [0.2, 0.25) is 0 Å². The Morgan fingerprint density at radius 1 is 1.17 bits per heavy atom. The maximum absolute atomic E-state index is 13.7. The Hall–Kier alpha value is -3.30. The maximum atomic E-state index is 13.7. The summed E-state index contributed by atoms with van der Waals surface area (Å²) in [5, 5.41) is 0. The fourth-order valence-electron chi connectivity index (χ4n) is 3.99. The van der Waals surface area contributed by atoms with Crippen LogP contribution in [0.3, 0.4) is 0 Å². The molecule has 1 aromatic heterocycles. The number of thioether (sulfide) groups is 1. The third-order valence-corrected chi connectivity index (χ3v) is 7.40. The van der Waals surface area contributed by atoms with Crippen LogP contribution < -0.4 is 24.4 Å². The van der Waals surface area contributed by atoms with Gasteiger partial charge in [0, 0.05) is 10.5 Å². The average Bonchev–Trinajstić information content (AvgIpc) is 3.17. The van der Waals surface area contributed by atoms with Crippen molar-refractivity contribution in [3.8, 4) is 11.5 Å². The average molecular weight is 511 g/mol. The Kier molecular flexibility index (Phi) is 7.47. The fraction of sp³-hybridized carbons (Fsp3) is 0.269. The van der Waals surface area contributed by atoms with Crippen molar-refractivity contribution < 1.29 is 19.0 Å². The number of rotatable bonds is 7. The van der Waals surface area contributed by atoms with Gasteiger partial charge in [0.1, 0.15) is 11.5 Å². The number of thiazole rings is 1. The molecule has 2 heterocycles. The fourth-order valence-corrected chi connectivity index (χ4v) is 5.43. The van der Waals surface area contributed by atoms with Gasteiger partial charge in [-0.2, -0.15) is 0 Å². The summed E-state index contributed by atoms with van der Waals surface area (Å²) in [5.74, 6) is 0.790. The second-order valence-electron chi connectivity index (χ2n) is 7.68. The molecule has 0 saturated heterocycles. The second-order valence-corrected chi connectivity index (χ2v) is 9.57. The van der Waals surface area contributed by atoms with Crippen LogP contribution in [0.1, 0.15) is 31.0 Å². The van der Waals surface area contributed by atoms with E-state index in [1.807, 2.05) is 36.6 Å². The number of benzene rings is 2. The summed E-state index contributed by atoms with van der Waals surface area (Å²) in [7, 11) is 3.16. The van der Waals surface area contributed by atoms with E-state index in [1.165, 1.54) is 11.3 Å². The number of carbonyl (C=O) groups excluding carboxylic acids is 1. The molecule has 3 aromatic rings. The minimum Gasteiger partial charge on any atom is -0.497 e. The van der Waals surface area contributed by atoms with E-state index in [2.05, 4.69) is 4.99 Å². The van der Waals surface area contributed by atoms with Crippen LogP contribution in [0.2, 0.25) is 0 Å². The quantitative estimate of drug-likeness (QED) is 0.357. The molecule has 0 N–H and O–H groups in total. The largest absolute Gasteiger partial charge is 0.497 e. The smallest absolute Gasteiger partial charge is 0.338 e. The highest BCUT2D eigenvalue weighted by Gasteiger charge is 2.33. The van der Waals surface area contributed by atoms with Gasteiger partial charge < -0.3 is 14.2 Å². The van der Waals surface area contributed by atoms with Crippen LogP contribution in [-0.2, 0) is 9.53 Å². The summed E-state index contributed by atoms with van der Waals surface area (Å²) in [6.07, 6.45) is 3.77. The van der Waals surface area contributed by atoms with Gasteiger partial charge in [-0.05, 0) is 62.1 Å². The molecule has 0 aliphatic carbocycles. The molecule has 4 rings (SSSR count). The number of methoxy groups -OCH3 is 2. The molecule has 2 aromatic carbocycles. The third kappa shape index (κ3) is 4.78. The maximum Gasteiger partial charge on any atom is 0.338 e. The summed E-state index contributed by atoms with van der Waals surface area (Å²) in [6.45, 7) is 3.76. The van der Waals surface area contributed by atoms with Gasteiger partial charge >= 0.3 is 5.97 Å². The Morgan fingerprint density at radius 3 is 2.54 bits per heavy atom. The van der Waals surface area contributed by atoms with Gasteiger partial charge in [0.05, 0.1) is 42.7 Å². The monoisotopic (exact) mass is 510 g/mol. The number of carbonyl (C=O) groups is 1. The molecule has 0 spiro atoms. The highest BCUT2D eigenvalue weighted by Crippen LogP contribution is 2.32. The van der Waals surface area contributed by atoms with Crippen LogP contribution in [0.4, 0.5) is 0 Å². The van der Waals surface area contributed by atoms with Gasteiger partial charge in [-0.1, -0.05) is 23.5 Å². The summed E-state index contributed by atoms with van der Waals surface area (Å²) >= 11 is 2.89. The summed E-state index contributed by atoms with van der Waals surface area (Å²) in [6, 6.07) is 12.6. The van der Waals surface area contributed by atoms with Gasteiger partial charge in [-0.3, -0.25) is 9.36 Å². The minimum atomic E-state index is -0.643. The van der Waals surface area contributed by atoms with Crippen molar-refractivity contribution in [3.05, 3.63) is 84.5 Å². The summed E-state index contributed by atoms with van der Waals surface area (Å²) in [5.41, 5.74) is 2.17. The Morgan fingerprint density at radius 2 is 1.91 bits per heavy atom. The Balaban J connectivity index is 1.95. The standard InChI is InChI=1S/C26H26N2O5S2/c1-6-33-25(30)22-15(2)27-26-28(23(22)16-7-10-19(34-5)11-8-16)24(29)21(35-26)14-17-13-18(31-3)9-12-20(17)32-4/h7-14,23H,6H2,1-5H3/t23-/m1/s1. The van der Waals surface area contributed by atoms with Gasteiger partial charge in [0.15, 0.2) is 4.80 Å². The predicted octanol–water partition coefficient (Wildman–Crippen LogP) is 3.54. The summed E-state index contributed by atoms with van der Waals surface area (Å²) in [4.78, 5) is 33.0. The lowest BCUT2D eigenvalue weighted by molar-refractivity contribution is -0.139. The van der Waals surface area contributed by atoms with Crippen LogP contribution in [0, 0.1) is 0 Å². The zero-order valence-electron chi connectivity index (χ0n) is 20.2. The lowest BCUT2D eigenvalue weighted by Crippen LogP contribution is -2.39. The zero-order chi connectivity index (χ0) is 25.1. The molecule has 0 fully saturated rings. The topological polar surface area (TPSA) is 79.1 Å². The lowest BCUT2D eigenvalue weighted by Gasteiger charge is -2.24. The first-order valence-corrected chi connectivity index (χ1v) is 13.0. The first-order chi connectivity index (χ1) is 16.9. The number of esters is 1. The molecule has 1 atom stereocenters. The predicted molar refractivity (Wildman–Crippen MR) is 138 cm³/mol. The molecule has 0 unspecified atom stereocenters. The number of ether oxygens (including phenoxy) is 3. The van der Waals surface area contributed by atoms with Crippen molar-refractivity contribution in [3.63, 3.8) is 0 Å². The SMILES string of the molecule is CCOC(=O)C1=C(C)N=c2sc(=Cc3cc(OC)ccc3OC)c(=O)n2[C@@H]1c1ccc(SC)cc1. The molecule has 1 aliphatic rings. The molecule has 0 radical (unpaired) electrons. The van der Waals surface area contributed by atoms with Crippen LogP contribution in [0.5, 0.6) is 11.5 Å². The molecule has 35 heavy (non-hydrogen) atoms. The highest BCUT2D eigenvalue weighted by molar-refractivity contribution is 7.98.